The van der Waals surface area contributed by atoms with Gasteiger partial charge in [0.15, 0.2) is 0 Å². The van der Waals surface area contributed by atoms with E-state index in [1.165, 1.54) is 5.06 Å². The predicted molar refractivity (Wildman–Crippen MR) is 39.6 cm³/mol. The molecule has 0 aromatic carbocycles. The monoisotopic (exact) mass is 153 g/mol. The first-order valence-corrected chi connectivity index (χ1v) is 3.86. The minimum Gasteiger partial charge on any atom is -0.276 e. The molecule has 1 aliphatic carbocycles. The lowest BCUT2D eigenvalue weighted by Gasteiger charge is -2.44. The third-order valence-electron chi connectivity index (χ3n) is 2.35. The Labute approximate surface area is 65.6 Å². The van der Waals surface area contributed by atoms with Crippen LogP contribution in [0.1, 0.15) is 19.8 Å². The molecule has 3 nitrogen and oxygen atoms in total. The highest BCUT2D eigenvalue weighted by Crippen LogP contribution is 2.34. The summed E-state index contributed by atoms with van der Waals surface area (Å²) in [6.07, 6.45) is 6.87. The minimum atomic E-state index is -0.227. The van der Waals surface area contributed by atoms with Crippen molar-refractivity contribution < 1.29 is 9.63 Å². The van der Waals surface area contributed by atoms with Crippen molar-refractivity contribution in [1.82, 2.24) is 5.06 Å². The third-order valence-corrected chi connectivity index (χ3v) is 2.35. The van der Waals surface area contributed by atoms with Gasteiger partial charge in [-0.05, 0) is 19.8 Å². The number of amides is 1. The first-order chi connectivity index (χ1) is 5.23. The Kier molecular flexibility index (Phi) is 1.29. The molecule has 2 atom stereocenters. The van der Waals surface area contributed by atoms with E-state index in [0.29, 0.717) is 0 Å². The second kappa shape index (κ2) is 2.08. The van der Waals surface area contributed by atoms with Crippen LogP contribution >= 0.6 is 0 Å². The highest BCUT2D eigenvalue weighted by atomic mass is 16.7. The van der Waals surface area contributed by atoms with E-state index >= 15 is 0 Å². The van der Waals surface area contributed by atoms with E-state index < -0.39 is 0 Å². The number of nitrogens with zero attached hydrogens (tertiary/aromatic N) is 1. The summed E-state index contributed by atoms with van der Waals surface area (Å²) in [7, 11) is 0. The number of hydrogen-bond donors (Lipinski definition) is 0. The van der Waals surface area contributed by atoms with Crippen LogP contribution in [-0.4, -0.2) is 23.1 Å². The molecule has 1 amide bonds. The molecule has 0 saturated carbocycles. The largest absolute Gasteiger partial charge is 0.276 e. The van der Waals surface area contributed by atoms with Crippen LogP contribution in [0.15, 0.2) is 12.2 Å². The van der Waals surface area contributed by atoms with Crippen LogP contribution in [0.5, 0.6) is 0 Å². The van der Waals surface area contributed by atoms with Crippen molar-refractivity contribution in [2.45, 2.75) is 31.4 Å². The zero-order valence-corrected chi connectivity index (χ0v) is 6.49. The Hall–Kier alpha value is -0.830. The van der Waals surface area contributed by atoms with E-state index in [1.54, 1.807) is 0 Å². The molecule has 0 spiro atoms. The second-order valence-electron chi connectivity index (χ2n) is 3.33. The van der Waals surface area contributed by atoms with E-state index in [1.807, 2.05) is 19.1 Å². The topological polar surface area (TPSA) is 29.5 Å². The average Bonchev–Trinajstić information content (AvgIpc) is 2.04. The van der Waals surface area contributed by atoms with Gasteiger partial charge in [0, 0.05) is 0 Å². The lowest BCUT2D eigenvalue weighted by molar-refractivity contribution is -0.252. The molecule has 0 N–H and O–H groups in total. The Balaban J connectivity index is 2.26. The molecule has 2 aliphatic heterocycles. The van der Waals surface area contributed by atoms with Crippen molar-refractivity contribution in [2.24, 2.45) is 0 Å². The number of carbonyl (C=O) groups excluding carboxylic acids is 1. The lowest BCUT2D eigenvalue weighted by atomic mass is 9.88. The molecular formula is C8H11NO2. The maximum Gasteiger partial charge on any atom is 0.233 e. The molecular weight excluding hydrogens is 142 g/mol. The average molecular weight is 153 g/mol. The first-order valence-electron chi connectivity index (χ1n) is 3.86. The maximum atomic E-state index is 10.5. The lowest BCUT2D eigenvalue weighted by Crippen LogP contribution is -2.50. The van der Waals surface area contributed by atoms with Crippen molar-refractivity contribution >= 4 is 6.41 Å². The van der Waals surface area contributed by atoms with Gasteiger partial charge >= 0.3 is 0 Å². The van der Waals surface area contributed by atoms with Crippen LogP contribution in [-0.2, 0) is 9.63 Å². The van der Waals surface area contributed by atoms with E-state index in [2.05, 4.69) is 0 Å². The summed E-state index contributed by atoms with van der Waals surface area (Å²) in [5.41, 5.74) is -0.227. The van der Waals surface area contributed by atoms with Gasteiger partial charge in [-0.1, -0.05) is 12.2 Å². The zero-order valence-electron chi connectivity index (χ0n) is 6.49. The molecule has 0 aromatic heterocycles. The first kappa shape index (κ1) is 6.85. The standard InChI is InChI=1S/C8H11NO2/c1-8-4-2-7(3-5-8)9(6-10)11-8/h2,4,6-7H,3,5H2,1H3. The van der Waals surface area contributed by atoms with E-state index in [-0.39, 0.29) is 11.6 Å². The summed E-state index contributed by atoms with van der Waals surface area (Å²) in [4.78, 5) is 15.9. The predicted octanol–water partition coefficient (Wildman–Crippen LogP) is 0.867. The van der Waals surface area contributed by atoms with Crippen molar-refractivity contribution in [1.29, 1.82) is 0 Å². The van der Waals surface area contributed by atoms with Crippen LogP contribution in [0.2, 0.25) is 0 Å². The van der Waals surface area contributed by atoms with Crippen LogP contribution < -0.4 is 0 Å². The Morgan fingerprint density at radius 3 is 3.00 bits per heavy atom. The molecule has 0 aromatic rings. The third kappa shape index (κ3) is 0.959. The van der Waals surface area contributed by atoms with Crippen LogP contribution in [0, 0.1) is 0 Å². The molecule has 60 valence electrons. The van der Waals surface area contributed by atoms with E-state index in [0.717, 1.165) is 19.3 Å². The molecule has 3 aliphatic rings. The van der Waals surface area contributed by atoms with Crippen LogP contribution in [0.3, 0.4) is 0 Å². The summed E-state index contributed by atoms with van der Waals surface area (Å²) in [5.74, 6) is 0. The Bertz CT molecular complexity index is 214. The van der Waals surface area contributed by atoms with Gasteiger partial charge in [0.1, 0.15) is 5.60 Å². The fourth-order valence-electron chi connectivity index (χ4n) is 1.62. The van der Waals surface area contributed by atoms with Gasteiger partial charge in [0.05, 0.1) is 6.04 Å². The summed E-state index contributed by atoms with van der Waals surface area (Å²) in [6, 6.07) is 0.175. The number of carbonyl (C=O) groups is 1. The van der Waals surface area contributed by atoms with Crippen LogP contribution in [0.4, 0.5) is 0 Å². The molecule has 1 fully saturated rings. The Morgan fingerprint density at radius 1 is 1.82 bits per heavy atom. The van der Waals surface area contributed by atoms with Gasteiger partial charge < -0.3 is 0 Å². The molecule has 1 saturated heterocycles. The molecule has 2 heterocycles. The minimum absolute atomic E-state index is 0.175. The van der Waals surface area contributed by atoms with Crippen molar-refractivity contribution in [3.05, 3.63) is 12.2 Å². The smallest absolute Gasteiger partial charge is 0.233 e. The number of rotatable bonds is 1. The molecule has 2 bridgehead atoms. The summed E-state index contributed by atoms with van der Waals surface area (Å²) in [6.45, 7) is 2.00. The van der Waals surface area contributed by atoms with Gasteiger partial charge in [-0.3, -0.25) is 9.63 Å². The van der Waals surface area contributed by atoms with E-state index in [4.69, 9.17) is 4.84 Å². The fraction of sp³-hybridized carbons (Fsp3) is 0.625. The maximum absolute atomic E-state index is 10.5. The van der Waals surface area contributed by atoms with Crippen LogP contribution in [0.25, 0.3) is 0 Å². The normalized spacial score (nSPS) is 41.2. The molecule has 2 unspecified atom stereocenters. The number of hydrogen-bond acceptors (Lipinski definition) is 2. The summed E-state index contributed by atoms with van der Waals surface area (Å²) < 4.78 is 0. The van der Waals surface area contributed by atoms with Gasteiger partial charge in [-0.25, -0.2) is 5.06 Å². The Morgan fingerprint density at radius 2 is 2.64 bits per heavy atom. The summed E-state index contributed by atoms with van der Waals surface area (Å²) in [5, 5.41) is 1.41. The molecule has 0 radical (unpaired) electrons. The van der Waals surface area contributed by atoms with Gasteiger partial charge in [-0.15, -0.1) is 0 Å². The highest BCUT2D eigenvalue weighted by Gasteiger charge is 2.38. The van der Waals surface area contributed by atoms with Crippen molar-refractivity contribution in [3.63, 3.8) is 0 Å². The SMILES string of the molecule is CC12C=CC(CC1)N(C=O)O2. The number of fused-ring (bicyclic) bond motifs is 2. The summed E-state index contributed by atoms with van der Waals surface area (Å²) >= 11 is 0. The van der Waals surface area contributed by atoms with Gasteiger partial charge in [0.25, 0.3) is 0 Å². The fourth-order valence-corrected chi connectivity index (χ4v) is 1.62. The zero-order chi connectivity index (χ0) is 7.90. The second-order valence-corrected chi connectivity index (χ2v) is 3.33. The van der Waals surface area contributed by atoms with Crippen molar-refractivity contribution in [3.8, 4) is 0 Å². The molecule has 3 rings (SSSR count). The van der Waals surface area contributed by atoms with E-state index in [9.17, 15) is 4.79 Å². The van der Waals surface area contributed by atoms with Gasteiger partial charge in [0.2, 0.25) is 6.41 Å². The van der Waals surface area contributed by atoms with Gasteiger partial charge in [-0.2, -0.15) is 0 Å². The number of hydroxylamine groups is 2. The van der Waals surface area contributed by atoms with Crippen molar-refractivity contribution in [2.75, 3.05) is 0 Å². The molecule has 11 heavy (non-hydrogen) atoms. The highest BCUT2D eigenvalue weighted by molar-refractivity contribution is 5.47. The quantitative estimate of drug-likeness (QED) is 0.413. The molecule has 3 heteroatoms.